The maximum Gasteiger partial charge on any atom is 0.0261 e. The van der Waals surface area contributed by atoms with E-state index in [0.717, 1.165) is 10.9 Å². The number of hydrogen-bond acceptors (Lipinski definition) is 0. The van der Waals surface area contributed by atoms with E-state index in [1.165, 1.54) is 16.2 Å². The van der Waals surface area contributed by atoms with Crippen molar-refractivity contribution in [3.63, 3.8) is 0 Å². The number of rotatable bonds is 0. The average molecular weight is 201 g/mol. The van der Waals surface area contributed by atoms with Crippen molar-refractivity contribution >= 4 is 21.5 Å². The molecule has 0 unspecified atom stereocenters. The normalized spacial score (nSPS) is 10.4. The summed E-state index contributed by atoms with van der Waals surface area (Å²) in [6.07, 6.45) is 7.13. The summed E-state index contributed by atoms with van der Waals surface area (Å²) >= 11 is 0. The summed E-state index contributed by atoms with van der Waals surface area (Å²) in [7, 11) is 0. The quantitative estimate of drug-likeness (QED) is 0.382. The van der Waals surface area contributed by atoms with Gasteiger partial charge in [0.25, 0.3) is 0 Å². The molecule has 0 spiro atoms. The molecule has 73 valence electrons. The van der Waals surface area contributed by atoms with Crippen LogP contribution in [0.2, 0.25) is 0 Å². The van der Waals surface area contributed by atoms with Crippen LogP contribution in [0, 0.1) is 12.3 Å². The van der Waals surface area contributed by atoms with E-state index in [0.29, 0.717) is 0 Å². The van der Waals surface area contributed by atoms with Crippen LogP contribution in [-0.4, -0.2) is 0 Å². The van der Waals surface area contributed by atoms with Crippen LogP contribution in [0.15, 0.2) is 54.6 Å². The summed E-state index contributed by atoms with van der Waals surface area (Å²) in [5, 5.41) is 4.85. The minimum atomic E-state index is 0.822. The standard InChI is InChI=1S/C16H9/c1-2-12-7-8-15-10-13-5-3-4-6-14(13)11-16(15)9-12/h3-11H. The Morgan fingerprint density at radius 2 is 1.31 bits per heavy atom. The molecule has 0 amide bonds. The Kier molecular flexibility index (Phi) is 1.91. The van der Waals surface area contributed by atoms with Gasteiger partial charge < -0.3 is 0 Å². The van der Waals surface area contributed by atoms with Gasteiger partial charge in [-0.1, -0.05) is 36.3 Å². The number of hydrogen-bond donors (Lipinski definition) is 0. The lowest BCUT2D eigenvalue weighted by Gasteiger charge is -2.02. The second-order valence-electron chi connectivity index (χ2n) is 3.89. The molecule has 0 atom stereocenters. The molecule has 3 rings (SSSR count). The molecule has 0 nitrogen and oxygen atoms in total. The second kappa shape index (κ2) is 3.40. The van der Waals surface area contributed by atoms with Crippen molar-refractivity contribution in [1.82, 2.24) is 0 Å². The first kappa shape index (κ1) is 9.00. The Hall–Kier alpha value is -2.26. The topological polar surface area (TPSA) is 0 Å². The van der Waals surface area contributed by atoms with Crippen LogP contribution < -0.4 is 0 Å². The smallest absolute Gasteiger partial charge is 0.0261 e. The molecule has 0 saturated heterocycles. The lowest BCUT2D eigenvalue weighted by atomic mass is 10.0. The fourth-order valence-electron chi connectivity index (χ4n) is 2.02. The molecule has 3 aromatic rings. The first-order chi connectivity index (χ1) is 7.86. The Balaban J connectivity index is 2.43. The van der Waals surface area contributed by atoms with E-state index in [2.05, 4.69) is 30.2 Å². The summed E-state index contributed by atoms with van der Waals surface area (Å²) in [6.45, 7) is 0. The maximum atomic E-state index is 7.13. The highest BCUT2D eigenvalue weighted by molar-refractivity contribution is 5.98. The average Bonchev–Trinajstić information content (AvgIpc) is 2.35. The molecule has 0 fully saturated rings. The second-order valence-corrected chi connectivity index (χ2v) is 3.89. The van der Waals surface area contributed by atoms with Crippen LogP contribution in [0.25, 0.3) is 21.5 Å². The lowest BCUT2D eigenvalue weighted by molar-refractivity contribution is 1.71. The van der Waals surface area contributed by atoms with Crippen LogP contribution in [-0.2, 0) is 0 Å². The Morgan fingerprint density at radius 3 is 2.00 bits per heavy atom. The van der Waals surface area contributed by atoms with Crippen molar-refractivity contribution in [1.29, 1.82) is 0 Å². The SMILES string of the molecule is [C]#Cc1ccc2cc3ccccc3cc2c1. The highest BCUT2D eigenvalue weighted by Crippen LogP contribution is 2.23. The highest BCUT2D eigenvalue weighted by atomic mass is 14.0. The van der Waals surface area contributed by atoms with Gasteiger partial charge in [-0.3, -0.25) is 0 Å². The van der Waals surface area contributed by atoms with Gasteiger partial charge >= 0.3 is 0 Å². The Bertz CT molecular complexity index is 715. The Labute approximate surface area is 94.5 Å². The third kappa shape index (κ3) is 1.34. The molecule has 0 bridgehead atoms. The van der Waals surface area contributed by atoms with Crippen LogP contribution in [0.3, 0.4) is 0 Å². The van der Waals surface area contributed by atoms with Gasteiger partial charge in [-0.2, -0.15) is 0 Å². The largest absolute Gasteiger partial charge is 0.0616 e. The predicted molar refractivity (Wildman–Crippen MR) is 67.7 cm³/mol. The molecular formula is C16H9. The van der Waals surface area contributed by atoms with Crippen LogP contribution in [0.1, 0.15) is 5.56 Å². The molecule has 0 heterocycles. The third-order valence-electron chi connectivity index (χ3n) is 2.85. The minimum Gasteiger partial charge on any atom is -0.0616 e. The zero-order chi connectivity index (χ0) is 11.0. The van der Waals surface area contributed by atoms with Gasteiger partial charge in [0.05, 0.1) is 0 Å². The molecule has 3 aromatic carbocycles. The van der Waals surface area contributed by atoms with Crippen LogP contribution >= 0.6 is 0 Å². The van der Waals surface area contributed by atoms with Gasteiger partial charge in [0.2, 0.25) is 0 Å². The van der Waals surface area contributed by atoms with Crippen molar-refractivity contribution in [3.8, 4) is 5.92 Å². The van der Waals surface area contributed by atoms with Gasteiger partial charge in [0.1, 0.15) is 0 Å². The fraction of sp³-hybridized carbons (Fsp3) is 0. The molecule has 0 aliphatic carbocycles. The zero-order valence-corrected chi connectivity index (χ0v) is 8.70. The molecule has 0 N–H and O–H groups in total. The van der Waals surface area contributed by atoms with Crippen molar-refractivity contribution in [2.75, 3.05) is 0 Å². The maximum absolute atomic E-state index is 7.13. The van der Waals surface area contributed by atoms with Gasteiger partial charge in [0, 0.05) is 5.56 Å². The van der Waals surface area contributed by atoms with E-state index in [-0.39, 0.29) is 0 Å². The molecular weight excluding hydrogens is 192 g/mol. The summed E-state index contributed by atoms with van der Waals surface area (Å²) in [5.74, 6) is 2.42. The molecule has 1 radical (unpaired) electrons. The van der Waals surface area contributed by atoms with Crippen LogP contribution in [0.4, 0.5) is 0 Å². The highest BCUT2D eigenvalue weighted by Gasteiger charge is 1.98. The zero-order valence-electron chi connectivity index (χ0n) is 8.70. The minimum absolute atomic E-state index is 0.822. The fourth-order valence-corrected chi connectivity index (χ4v) is 2.02. The van der Waals surface area contributed by atoms with E-state index in [9.17, 15) is 0 Å². The van der Waals surface area contributed by atoms with Gasteiger partial charge in [-0.05, 0) is 52.2 Å². The molecule has 16 heavy (non-hydrogen) atoms. The van der Waals surface area contributed by atoms with E-state index >= 15 is 0 Å². The summed E-state index contributed by atoms with van der Waals surface area (Å²) in [6, 6.07) is 18.6. The molecule has 0 heteroatoms. The van der Waals surface area contributed by atoms with E-state index < -0.39 is 0 Å². The van der Waals surface area contributed by atoms with Gasteiger partial charge in [-0.25, -0.2) is 0 Å². The first-order valence-electron chi connectivity index (χ1n) is 5.22. The first-order valence-corrected chi connectivity index (χ1v) is 5.22. The van der Waals surface area contributed by atoms with Crippen molar-refractivity contribution < 1.29 is 0 Å². The third-order valence-corrected chi connectivity index (χ3v) is 2.85. The van der Waals surface area contributed by atoms with Gasteiger partial charge in [0.15, 0.2) is 0 Å². The monoisotopic (exact) mass is 201 g/mol. The molecule has 0 aliphatic rings. The molecule has 0 saturated carbocycles. The molecule has 0 aliphatic heterocycles. The molecule has 0 aromatic heterocycles. The predicted octanol–water partition coefficient (Wildman–Crippen LogP) is 3.93. The number of benzene rings is 3. The van der Waals surface area contributed by atoms with Gasteiger partial charge in [-0.15, -0.1) is 0 Å². The van der Waals surface area contributed by atoms with Crippen LogP contribution in [0.5, 0.6) is 0 Å². The van der Waals surface area contributed by atoms with E-state index in [1.54, 1.807) is 0 Å². The van der Waals surface area contributed by atoms with Crippen molar-refractivity contribution in [2.45, 2.75) is 0 Å². The lowest BCUT2D eigenvalue weighted by Crippen LogP contribution is -1.78. The summed E-state index contributed by atoms with van der Waals surface area (Å²) in [5.41, 5.74) is 0.822. The van der Waals surface area contributed by atoms with E-state index in [1.807, 2.05) is 30.3 Å². The van der Waals surface area contributed by atoms with E-state index in [4.69, 9.17) is 6.42 Å². The van der Waals surface area contributed by atoms with Crippen molar-refractivity contribution in [3.05, 3.63) is 66.6 Å². The summed E-state index contributed by atoms with van der Waals surface area (Å²) < 4.78 is 0. The van der Waals surface area contributed by atoms with Crippen molar-refractivity contribution in [2.24, 2.45) is 0 Å². The number of fused-ring (bicyclic) bond motifs is 2. The Morgan fingerprint density at radius 1 is 0.688 bits per heavy atom. The summed E-state index contributed by atoms with van der Waals surface area (Å²) in [4.78, 5) is 0.